The average molecular weight is 714 g/mol. The van der Waals surface area contributed by atoms with Gasteiger partial charge in [0.2, 0.25) is 6.33 Å². The second-order valence-electron chi connectivity index (χ2n) is 15.4. The molecule has 0 amide bonds. The fourth-order valence-corrected chi connectivity index (χ4v) is 9.08. The maximum Gasteiger partial charge on any atom is 0.421 e. The summed E-state index contributed by atoms with van der Waals surface area (Å²) in [6, 6.07) is 9.04. The first-order valence-electron chi connectivity index (χ1n) is 19.8. The molecule has 0 N–H and O–H groups in total. The first kappa shape index (κ1) is 33.7. The lowest BCUT2D eigenvalue weighted by molar-refractivity contribution is -0.697. The molecule has 0 fully saturated rings. The van der Waals surface area contributed by atoms with Crippen molar-refractivity contribution in [2.45, 2.75) is 90.4 Å². The second kappa shape index (κ2) is 14.7. The van der Waals surface area contributed by atoms with Crippen LogP contribution in [0.25, 0.3) is 0 Å². The van der Waals surface area contributed by atoms with Gasteiger partial charge in [0.1, 0.15) is 23.8 Å². The molecule has 274 valence electrons. The van der Waals surface area contributed by atoms with Gasteiger partial charge in [0.25, 0.3) is 0 Å². The molecule has 3 aromatic heterocycles. The van der Waals surface area contributed by atoms with E-state index in [-0.39, 0.29) is 0 Å². The molecule has 0 saturated carbocycles. The van der Waals surface area contributed by atoms with Crippen molar-refractivity contribution in [3.05, 3.63) is 90.0 Å². The third kappa shape index (κ3) is 7.03. The highest BCUT2D eigenvalue weighted by atomic mass is 15.3. The Balaban J connectivity index is 0.780. The maximum absolute atomic E-state index is 4.76. The minimum atomic E-state index is 0.877. The van der Waals surface area contributed by atoms with E-state index in [1.165, 1.54) is 85.5 Å². The van der Waals surface area contributed by atoms with Gasteiger partial charge in [-0.2, -0.15) is 0 Å². The van der Waals surface area contributed by atoms with Crippen LogP contribution in [0.3, 0.4) is 0 Å². The van der Waals surface area contributed by atoms with Crippen LogP contribution in [0.1, 0.15) is 60.8 Å². The number of rotatable bonds is 12. The van der Waals surface area contributed by atoms with E-state index in [9.17, 15) is 0 Å². The van der Waals surface area contributed by atoms with Crippen LogP contribution in [0.15, 0.2) is 88.2 Å². The third-order valence-electron chi connectivity index (χ3n) is 11.6. The normalized spacial score (nSPS) is 16.6. The molecule has 12 nitrogen and oxygen atoms in total. The van der Waals surface area contributed by atoms with E-state index >= 15 is 0 Å². The summed E-state index contributed by atoms with van der Waals surface area (Å²) in [6.45, 7) is 8.39. The summed E-state index contributed by atoms with van der Waals surface area (Å²) in [7, 11) is 4.09. The van der Waals surface area contributed by atoms with Crippen LogP contribution in [-0.4, -0.2) is 39.9 Å². The van der Waals surface area contributed by atoms with E-state index in [4.69, 9.17) is 20.5 Å². The van der Waals surface area contributed by atoms with Crippen LogP contribution in [0.4, 0.5) is 34.6 Å². The molecule has 0 radical (unpaired) electrons. The largest absolute Gasteiger partial charge is 0.421 e. The topological polar surface area (TPSA) is 82.3 Å². The molecule has 0 aliphatic carbocycles. The molecule has 4 aliphatic heterocycles. The Morgan fingerprint density at radius 2 is 1.02 bits per heavy atom. The Labute approximate surface area is 312 Å². The Bertz CT molecular complexity index is 1950. The van der Waals surface area contributed by atoms with Crippen LogP contribution in [0, 0.1) is 0 Å². The van der Waals surface area contributed by atoms with Gasteiger partial charge in [0.05, 0.1) is 65.1 Å². The Morgan fingerprint density at radius 3 is 1.51 bits per heavy atom. The zero-order valence-corrected chi connectivity index (χ0v) is 31.4. The van der Waals surface area contributed by atoms with Crippen LogP contribution in [-0.2, 0) is 66.0 Å². The van der Waals surface area contributed by atoms with Crippen molar-refractivity contribution in [1.29, 1.82) is 0 Å². The minimum absolute atomic E-state index is 0.877. The molecule has 7 heterocycles. The van der Waals surface area contributed by atoms with Gasteiger partial charge >= 0.3 is 11.9 Å². The van der Waals surface area contributed by atoms with E-state index in [0.717, 1.165) is 88.0 Å². The van der Waals surface area contributed by atoms with Gasteiger partial charge in [-0.15, -0.1) is 0 Å². The van der Waals surface area contributed by atoms with Crippen molar-refractivity contribution < 1.29 is 13.7 Å². The number of benzene rings is 2. The highest BCUT2D eigenvalue weighted by molar-refractivity contribution is 5.68. The highest BCUT2D eigenvalue weighted by Crippen LogP contribution is 2.39. The number of nitrogens with zero attached hydrogens (tertiary/aromatic N) is 12. The van der Waals surface area contributed by atoms with Crippen molar-refractivity contribution in [1.82, 2.24) is 13.7 Å². The quantitative estimate of drug-likeness (QED) is 0.110. The highest BCUT2D eigenvalue weighted by Gasteiger charge is 2.26. The smallest absolute Gasteiger partial charge is 0.371 e. The van der Waals surface area contributed by atoms with Gasteiger partial charge in [-0.25, -0.2) is 27.4 Å². The zero-order valence-electron chi connectivity index (χ0n) is 31.4. The molecule has 2 aromatic carbocycles. The van der Waals surface area contributed by atoms with Gasteiger partial charge in [0.15, 0.2) is 0 Å². The van der Waals surface area contributed by atoms with E-state index in [1.807, 2.05) is 14.1 Å². The molecule has 0 atom stereocenters. The number of azo groups is 2. The van der Waals surface area contributed by atoms with Crippen LogP contribution >= 0.6 is 0 Å². The molecule has 0 saturated heterocycles. The summed E-state index contributed by atoms with van der Waals surface area (Å²) in [5.41, 5.74) is 10.7. The molecular weight excluding hydrogens is 661 g/mol. The summed E-state index contributed by atoms with van der Waals surface area (Å²) in [4.78, 5) is 5.14. The standard InChI is InChI=1S/C41H53N12/c1-46-21-25-52(40(46)44-42-36-27-32-9-3-15-50-16-4-10-33(28-36)38(32)50)19-7-13-48-23-24-49(31-48)14-8-20-53-26-22-47(2)41(53)45-43-37-29-34-11-5-17-51-18-6-12-35(30-37)39(34)51/h21-31H,3-20H2,1-2H3/q+3. The Kier molecular flexibility index (Phi) is 9.35. The van der Waals surface area contributed by atoms with Crippen molar-refractivity contribution >= 4 is 34.6 Å². The number of hydrogen-bond acceptors (Lipinski definition) is 6. The van der Waals surface area contributed by atoms with E-state index in [2.05, 4.69) is 105 Å². The first-order chi connectivity index (χ1) is 26.1. The molecule has 5 aromatic rings. The first-order valence-corrected chi connectivity index (χ1v) is 19.8. The van der Waals surface area contributed by atoms with Crippen LogP contribution in [0.2, 0.25) is 0 Å². The van der Waals surface area contributed by atoms with Gasteiger partial charge in [-0.1, -0.05) is 10.2 Å². The van der Waals surface area contributed by atoms with E-state index in [1.54, 1.807) is 0 Å². The molecule has 9 rings (SSSR count). The molecule has 0 unspecified atom stereocenters. The summed E-state index contributed by atoms with van der Waals surface area (Å²) < 4.78 is 13.1. The third-order valence-corrected chi connectivity index (χ3v) is 11.6. The van der Waals surface area contributed by atoms with Crippen molar-refractivity contribution in [2.24, 2.45) is 34.6 Å². The fourth-order valence-electron chi connectivity index (χ4n) is 9.08. The lowest BCUT2D eigenvalue weighted by atomic mass is 9.91. The molecule has 4 aliphatic rings. The second-order valence-corrected chi connectivity index (χ2v) is 15.4. The van der Waals surface area contributed by atoms with Crippen molar-refractivity contribution in [3.63, 3.8) is 0 Å². The summed E-state index contributed by atoms with van der Waals surface area (Å²) in [5, 5.41) is 19.0. The monoisotopic (exact) mass is 713 g/mol. The number of hydrogen-bond donors (Lipinski definition) is 0. The fraction of sp³-hybridized carbons (Fsp3) is 0.488. The van der Waals surface area contributed by atoms with Crippen LogP contribution < -0.4 is 23.5 Å². The molecule has 12 heteroatoms. The zero-order chi connectivity index (χ0) is 35.7. The van der Waals surface area contributed by atoms with Gasteiger partial charge in [0, 0.05) is 60.6 Å². The maximum atomic E-state index is 4.76. The van der Waals surface area contributed by atoms with Crippen molar-refractivity contribution in [3.8, 4) is 0 Å². The average Bonchev–Trinajstić information content (AvgIpc) is 3.88. The van der Waals surface area contributed by atoms with Crippen LogP contribution in [0.5, 0.6) is 0 Å². The minimum Gasteiger partial charge on any atom is -0.371 e. The number of anilines is 2. The molecule has 0 bridgehead atoms. The lowest BCUT2D eigenvalue weighted by Gasteiger charge is -2.36. The van der Waals surface area contributed by atoms with Crippen molar-refractivity contribution in [2.75, 3.05) is 36.0 Å². The van der Waals surface area contributed by atoms with E-state index in [0.29, 0.717) is 0 Å². The number of aryl methyl sites for hydroxylation is 10. The summed E-state index contributed by atoms with van der Waals surface area (Å²) >= 11 is 0. The van der Waals surface area contributed by atoms with Gasteiger partial charge in [-0.3, -0.25) is 0 Å². The number of imidazole rings is 3. The lowest BCUT2D eigenvalue weighted by Crippen LogP contribution is -2.34. The molecular formula is C41H53N12+3. The Morgan fingerprint density at radius 1 is 0.547 bits per heavy atom. The summed E-state index contributed by atoms with van der Waals surface area (Å²) in [5.74, 6) is 1.75. The predicted molar refractivity (Wildman–Crippen MR) is 204 cm³/mol. The number of aromatic nitrogens is 6. The summed E-state index contributed by atoms with van der Waals surface area (Å²) in [6.07, 6.45) is 26.4. The molecule has 53 heavy (non-hydrogen) atoms. The molecule has 0 spiro atoms. The predicted octanol–water partition coefficient (Wildman–Crippen LogP) is 6.44. The Hall–Kier alpha value is -5.13. The van der Waals surface area contributed by atoms with Gasteiger partial charge in [-0.05, 0) is 97.9 Å². The SMILES string of the molecule is C[n+]1ccn(CCCn2cc[n+](CCCn3cc[n+](C)c3N=Nc3cc4c5c(c3)CCCN5CCC4)c2)c1N=Nc1cc2c3c(c1)CCCN3CCC2. The van der Waals surface area contributed by atoms with E-state index < -0.39 is 0 Å². The van der Waals surface area contributed by atoms with Gasteiger partial charge < -0.3 is 9.80 Å².